The van der Waals surface area contributed by atoms with Crippen molar-refractivity contribution in [3.63, 3.8) is 0 Å². The van der Waals surface area contributed by atoms with E-state index in [0.29, 0.717) is 0 Å². The Balaban J connectivity index is 2.75. The maximum atomic E-state index is 2.81. The van der Waals surface area contributed by atoms with Crippen LogP contribution in [0.3, 0.4) is 0 Å². The summed E-state index contributed by atoms with van der Waals surface area (Å²) in [5, 5.41) is 0. The van der Waals surface area contributed by atoms with E-state index in [-0.39, 0.29) is 0 Å². The molecule has 0 amide bonds. The topological polar surface area (TPSA) is 0 Å². The quantitative estimate of drug-likeness (QED) is 0.470. The van der Waals surface area contributed by atoms with Crippen LogP contribution in [0, 0.1) is 0 Å². The van der Waals surface area contributed by atoms with Gasteiger partial charge in [0.05, 0.1) is 0 Å². The first-order valence-corrected chi connectivity index (χ1v) is 3.23. The average molecular weight is 104 g/mol. The molecule has 0 saturated heterocycles. The summed E-state index contributed by atoms with van der Waals surface area (Å²) in [6.45, 7) is 4.42. The van der Waals surface area contributed by atoms with E-state index in [0.717, 1.165) is 5.66 Å². The van der Waals surface area contributed by atoms with Gasteiger partial charge in [-0.3, -0.25) is 0 Å². The maximum Gasteiger partial charge on any atom is -0.0269 e. The van der Waals surface area contributed by atoms with E-state index in [1.54, 1.807) is 0 Å². The molecule has 0 radical (unpaired) electrons. The minimum atomic E-state index is 0.852. The Morgan fingerprint density at radius 3 is 1.67 bits per heavy atom. The van der Waals surface area contributed by atoms with Gasteiger partial charge in [-0.15, -0.1) is 9.24 Å². The van der Waals surface area contributed by atoms with Gasteiger partial charge in [0.2, 0.25) is 0 Å². The molecule has 0 aliphatic heterocycles. The minimum Gasteiger partial charge on any atom is -0.134 e. The Morgan fingerprint density at radius 1 is 1.33 bits per heavy atom. The second-order valence-electron chi connectivity index (χ2n) is 1.58. The van der Waals surface area contributed by atoms with Crippen LogP contribution in [0.25, 0.3) is 0 Å². The van der Waals surface area contributed by atoms with Gasteiger partial charge in [-0.1, -0.05) is 13.8 Å². The summed E-state index contributed by atoms with van der Waals surface area (Å²) in [4.78, 5) is 0. The summed E-state index contributed by atoms with van der Waals surface area (Å²) in [6, 6.07) is 0. The van der Waals surface area contributed by atoms with Crippen LogP contribution in [0.2, 0.25) is 0 Å². The maximum absolute atomic E-state index is 2.81. The van der Waals surface area contributed by atoms with Crippen molar-refractivity contribution >= 4 is 9.24 Å². The van der Waals surface area contributed by atoms with Crippen molar-refractivity contribution in [2.45, 2.75) is 32.3 Å². The van der Waals surface area contributed by atoms with Crippen molar-refractivity contribution in [3.05, 3.63) is 0 Å². The summed E-state index contributed by atoms with van der Waals surface area (Å²) < 4.78 is 0. The molecule has 0 saturated carbocycles. The van der Waals surface area contributed by atoms with Gasteiger partial charge in [0.1, 0.15) is 0 Å². The second-order valence-corrected chi connectivity index (χ2v) is 2.52. The van der Waals surface area contributed by atoms with Crippen molar-refractivity contribution in [3.8, 4) is 0 Å². The van der Waals surface area contributed by atoms with Crippen molar-refractivity contribution in [1.29, 1.82) is 0 Å². The van der Waals surface area contributed by atoms with E-state index in [1.165, 1.54) is 12.8 Å². The van der Waals surface area contributed by atoms with Gasteiger partial charge in [-0.05, 0) is 18.5 Å². The molecule has 38 valence electrons. The van der Waals surface area contributed by atoms with Gasteiger partial charge in [-0.25, -0.2) is 0 Å². The normalized spacial score (nSPS) is 10.0. The molecule has 0 aliphatic rings. The van der Waals surface area contributed by atoms with Gasteiger partial charge in [0.25, 0.3) is 0 Å². The molecule has 0 aromatic heterocycles. The molecule has 0 bridgehead atoms. The second kappa shape index (κ2) is 3.61. The summed E-state index contributed by atoms with van der Waals surface area (Å²) in [6.07, 6.45) is 2.59. The van der Waals surface area contributed by atoms with Crippen LogP contribution in [0.15, 0.2) is 0 Å². The fourth-order valence-electron chi connectivity index (χ4n) is 0.289. The molecule has 0 heterocycles. The largest absolute Gasteiger partial charge is 0.134 e. The first-order chi connectivity index (χ1) is 2.81. The molecule has 0 aromatic carbocycles. The zero-order valence-electron chi connectivity index (χ0n) is 4.57. The Hall–Kier alpha value is 0.430. The molecular formula is C5H13P. The highest BCUT2D eigenvalue weighted by molar-refractivity contribution is 7.17. The van der Waals surface area contributed by atoms with Crippen molar-refractivity contribution < 1.29 is 0 Å². The van der Waals surface area contributed by atoms with Crippen LogP contribution in [0.1, 0.15) is 26.7 Å². The predicted octanol–water partition coefficient (Wildman–Crippen LogP) is 2.05. The SMILES string of the molecule is CCC(P)CC. The lowest BCUT2D eigenvalue weighted by molar-refractivity contribution is 0.793. The smallest absolute Gasteiger partial charge is 0.0269 e. The highest BCUT2D eigenvalue weighted by atomic mass is 31.0. The van der Waals surface area contributed by atoms with Gasteiger partial charge in [-0.2, -0.15) is 0 Å². The van der Waals surface area contributed by atoms with E-state index in [2.05, 4.69) is 23.1 Å². The standard InChI is InChI=1S/C5H13P/c1-3-5(6)4-2/h5H,3-4,6H2,1-2H3. The fraction of sp³-hybridized carbons (Fsp3) is 1.00. The highest BCUT2D eigenvalue weighted by Crippen LogP contribution is 2.06. The van der Waals surface area contributed by atoms with Gasteiger partial charge >= 0.3 is 0 Å². The minimum absolute atomic E-state index is 0.852. The van der Waals surface area contributed by atoms with Crippen LogP contribution >= 0.6 is 9.24 Å². The average Bonchev–Trinajstić information content (AvgIpc) is 1.65. The lowest BCUT2D eigenvalue weighted by atomic mass is 10.3. The Kier molecular flexibility index (Phi) is 3.87. The van der Waals surface area contributed by atoms with Crippen molar-refractivity contribution in [1.82, 2.24) is 0 Å². The summed E-state index contributed by atoms with van der Waals surface area (Å²) in [5.41, 5.74) is 0.852. The lowest BCUT2D eigenvalue weighted by Crippen LogP contribution is -1.88. The first kappa shape index (κ1) is 6.43. The van der Waals surface area contributed by atoms with Crippen LogP contribution < -0.4 is 0 Å². The molecule has 0 spiro atoms. The van der Waals surface area contributed by atoms with Crippen LogP contribution in [0.4, 0.5) is 0 Å². The molecule has 1 unspecified atom stereocenters. The lowest BCUT2D eigenvalue weighted by Gasteiger charge is -1.98. The molecular weight excluding hydrogens is 91.0 g/mol. The van der Waals surface area contributed by atoms with Gasteiger partial charge in [0, 0.05) is 0 Å². The van der Waals surface area contributed by atoms with Crippen molar-refractivity contribution in [2.24, 2.45) is 0 Å². The monoisotopic (exact) mass is 104 g/mol. The third-order valence-electron chi connectivity index (χ3n) is 1.05. The number of hydrogen-bond donors (Lipinski definition) is 0. The van der Waals surface area contributed by atoms with E-state index in [4.69, 9.17) is 0 Å². The Bertz CT molecular complexity index is 23.1. The molecule has 6 heavy (non-hydrogen) atoms. The van der Waals surface area contributed by atoms with Crippen LogP contribution in [0.5, 0.6) is 0 Å². The Morgan fingerprint density at radius 2 is 1.67 bits per heavy atom. The van der Waals surface area contributed by atoms with Crippen LogP contribution in [-0.4, -0.2) is 5.66 Å². The van der Waals surface area contributed by atoms with Gasteiger partial charge < -0.3 is 0 Å². The predicted molar refractivity (Wildman–Crippen MR) is 34.1 cm³/mol. The van der Waals surface area contributed by atoms with E-state index < -0.39 is 0 Å². The van der Waals surface area contributed by atoms with E-state index in [9.17, 15) is 0 Å². The number of hydrogen-bond acceptors (Lipinski definition) is 0. The van der Waals surface area contributed by atoms with Crippen molar-refractivity contribution in [2.75, 3.05) is 0 Å². The fourth-order valence-corrected chi connectivity index (χ4v) is 0.289. The zero-order valence-corrected chi connectivity index (χ0v) is 5.72. The molecule has 0 nitrogen and oxygen atoms in total. The summed E-state index contributed by atoms with van der Waals surface area (Å²) in [5.74, 6) is 0. The molecule has 1 atom stereocenters. The molecule has 0 rings (SSSR count). The highest BCUT2D eigenvalue weighted by Gasteiger charge is 1.88. The van der Waals surface area contributed by atoms with Crippen LogP contribution in [-0.2, 0) is 0 Å². The molecule has 0 aromatic rings. The third-order valence-corrected chi connectivity index (χ3v) is 1.99. The molecule has 0 aliphatic carbocycles. The van der Waals surface area contributed by atoms with E-state index >= 15 is 0 Å². The van der Waals surface area contributed by atoms with E-state index in [1.807, 2.05) is 0 Å². The number of rotatable bonds is 2. The molecule has 1 heteroatoms. The molecule has 0 N–H and O–H groups in total. The summed E-state index contributed by atoms with van der Waals surface area (Å²) >= 11 is 0. The molecule has 0 fully saturated rings. The zero-order chi connectivity index (χ0) is 4.99. The van der Waals surface area contributed by atoms with Gasteiger partial charge in [0.15, 0.2) is 0 Å². The first-order valence-electron chi connectivity index (χ1n) is 2.56. The summed E-state index contributed by atoms with van der Waals surface area (Å²) in [7, 11) is 2.81. The third kappa shape index (κ3) is 2.66. The Labute approximate surface area is 42.5 Å².